The van der Waals surface area contributed by atoms with Crippen LogP contribution in [0.15, 0.2) is 30.3 Å². The van der Waals surface area contributed by atoms with Crippen LogP contribution >= 0.6 is 0 Å². The Morgan fingerprint density at radius 2 is 2.00 bits per heavy atom. The monoisotopic (exact) mass is 222 g/mol. The first-order chi connectivity index (χ1) is 7.70. The van der Waals surface area contributed by atoms with Crippen molar-refractivity contribution in [3.05, 3.63) is 30.3 Å². The average molecular weight is 222 g/mol. The number of aliphatic carboxylic acids is 1. The van der Waals surface area contributed by atoms with Crippen molar-refractivity contribution in [2.24, 2.45) is 5.92 Å². The largest absolute Gasteiger partial charge is 0.494 e. The fraction of sp³-hybridized carbons (Fsp3) is 0.462. The van der Waals surface area contributed by atoms with Crippen LogP contribution in [0.2, 0.25) is 0 Å². The van der Waals surface area contributed by atoms with Crippen LogP contribution in [0.3, 0.4) is 0 Å². The Morgan fingerprint density at radius 1 is 1.31 bits per heavy atom. The number of ether oxygens (including phenoxy) is 1. The molecule has 0 bridgehead atoms. The van der Waals surface area contributed by atoms with Gasteiger partial charge in [-0.15, -0.1) is 0 Å². The van der Waals surface area contributed by atoms with Gasteiger partial charge in [-0.3, -0.25) is 4.79 Å². The minimum Gasteiger partial charge on any atom is -0.494 e. The summed E-state index contributed by atoms with van der Waals surface area (Å²) in [4.78, 5) is 10.6. The maximum atomic E-state index is 10.6. The van der Waals surface area contributed by atoms with E-state index in [2.05, 4.69) is 0 Å². The predicted molar refractivity (Wildman–Crippen MR) is 62.6 cm³/mol. The topological polar surface area (TPSA) is 46.5 Å². The molecule has 1 aromatic rings. The molecular formula is C13H18O3. The smallest absolute Gasteiger partial charge is 0.306 e. The molecule has 0 spiro atoms. The average Bonchev–Trinajstić information content (AvgIpc) is 2.29. The first-order valence-electron chi connectivity index (χ1n) is 5.61. The molecule has 1 atom stereocenters. The van der Waals surface area contributed by atoms with Crippen molar-refractivity contribution in [2.45, 2.75) is 26.2 Å². The zero-order valence-corrected chi connectivity index (χ0v) is 9.56. The van der Waals surface area contributed by atoms with Crippen LogP contribution in [0.4, 0.5) is 0 Å². The Kier molecular flexibility index (Phi) is 5.40. The van der Waals surface area contributed by atoms with Crippen molar-refractivity contribution in [2.75, 3.05) is 6.61 Å². The molecule has 0 aromatic heterocycles. The van der Waals surface area contributed by atoms with Crippen LogP contribution in [0.5, 0.6) is 5.75 Å². The Bertz CT molecular complexity index is 308. The van der Waals surface area contributed by atoms with Gasteiger partial charge >= 0.3 is 5.97 Å². The summed E-state index contributed by atoms with van der Waals surface area (Å²) in [7, 11) is 0. The number of hydrogen-bond donors (Lipinski definition) is 1. The molecule has 1 N–H and O–H groups in total. The lowest BCUT2D eigenvalue weighted by atomic mass is 10.1. The highest BCUT2D eigenvalue weighted by molar-refractivity contribution is 5.69. The fourth-order valence-corrected chi connectivity index (χ4v) is 1.38. The lowest BCUT2D eigenvalue weighted by molar-refractivity contribution is -0.141. The van der Waals surface area contributed by atoms with Crippen molar-refractivity contribution in [1.29, 1.82) is 0 Å². The van der Waals surface area contributed by atoms with Crippen LogP contribution in [-0.2, 0) is 4.79 Å². The lowest BCUT2D eigenvalue weighted by Gasteiger charge is -2.07. The first-order valence-corrected chi connectivity index (χ1v) is 5.61. The second-order valence-electron chi connectivity index (χ2n) is 3.90. The Morgan fingerprint density at radius 3 is 2.62 bits per heavy atom. The van der Waals surface area contributed by atoms with Gasteiger partial charge in [-0.2, -0.15) is 0 Å². The molecule has 1 rings (SSSR count). The van der Waals surface area contributed by atoms with Gasteiger partial charge in [0.2, 0.25) is 0 Å². The second kappa shape index (κ2) is 6.88. The van der Waals surface area contributed by atoms with E-state index in [-0.39, 0.29) is 5.92 Å². The van der Waals surface area contributed by atoms with Crippen molar-refractivity contribution >= 4 is 5.97 Å². The van der Waals surface area contributed by atoms with Crippen molar-refractivity contribution in [3.63, 3.8) is 0 Å². The number of carbonyl (C=O) groups is 1. The van der Waals surface area contributed by atoms with Gasteiger partial charge in [0.25, 0.3) is 0 Å². The third-order valence-corrected chi connectivity index (χ3v) is 2.46. The molecular weight excluding hydrogens is 204 g/mol. The second-order valence-corrected chi connectivity index (χ2v) is 3.90. The normalized spacial score (nSPS) is 12.1. The minimum absolute atomic E-state index is 0.253. The minimum atomic E-state index is -0.719. The molecule has 1 unspecified atom stereocenters. The lowest BCUT2D eigenvalue weighted by Crippen LogP contribution is -2.09. The molecule has 0 fully saturated rings. The maximum absolute atomic E-state index is 10.6. The molecule has 0 heterocycles. The van der Waals surface area contributed by atoms with Crippen molar-refractivity contribution in [1.82, 2.24) is 0 Å². The van der Waals surface area contributed by atoms with Crippen LogP contribution in [0, 0.1) is 5.92 Å². The van der Waals surface area contributed by atoms with Gasteiger partial charge in [-0.05, 0) is 31.4 Å². The number of carboxylic acid groups (broad SMARTS) is 1. The fourth-order valence-electron chi connectivity index (χ4n) is 1.38. The number of rotatable bonds is 7. The number of hydrogen-bond acceptors (Lipinski definition) is 2. The van der Waals surface area contributed by atoms with Gasteiger partial charge in [0.05, 0.1) is 12.5 Å². The number of unbranched alkanes of at least 4 members (excludes halogenated alkanes) is 1. The molecule has 16 heavy (non-hydrogen) atoms. The summed E-state index contributed by atoms with van der Waals surface area (Å²) in [6, 6.07) is 9.64. The summed E-state index contributed by atoms with van der Waals surface area (Å²) in [6.45, 7) is 2.39. The summed E-state index contributed by atoms with van der Waals surface area (Å²) >= 11 is 0. The molecule has 0 saturated heterocycles. The molecule has 3 nitrogen and oxygen atoms in total. The Hall–Kier alpha value is -1.51. The van der Waals surface area contributed by atoms with Gasteiger partial charge in [-0.25, -0.2) is 0 Å². The Labute approximate surface area is 96.1 Å². The van der Waals surface area contributed by atoms with E-state index in [1.165, 1.54) is 0 Å². The van der Waals surface area contributed by atoms with E-state index in [0.717, 1.165) is 18.6 Å². The van der Waals surface area contributed by atoms with Gasteiger partial charge in [0.1, 0.15) is 5.75 Å². The molecule has 88 valence electrons. The van der Waals surface area contributed by atoms with E-state index in [1.54, 1.807) is 6.92 Å². The molecule has 1 aromatic carbocycles. The highest BCUT2D eigenvalue weighted by Crippen LogP contribution is 2.11. The predicted octanol–water partition coefficient (Wildman–Crippen LogP) is 2.96. The zero-order valence-electron chi connectivity index (χ0n) is 9.56. The molecule has 0 amide bonds. The van der Waals surface area contributed by atoms with Gasteiger partial charge < -0.3 is 9.84 Å². The van der Waals surface area contributed by atoms with E-state index in [0.29, 0.717) is 13.0 Å². The van der Waals surface area contributed by atoms with Gasteiger partial charge in [0.15, 0.2) is 0 Å². The number of carboxylic acids is 1. The molecule has 0 aliphatic carbocycles. The Balaban J connectivity index is 2.07. The summed E-state index contributed by atoms with van der Waals surface area (Å²) < 4.78 is 5.50. The molecule has 0 aliphatic heterocycles. The highest BCUT2D eigenvalue weighted by atomic mass is 16.5. The molecule has 0 saturated carbocycles. The van der Waals surface area contributed by atoms with Crippen molar-refractivity contribution < 1.29 is 14.6 Å². The summed E-state index contributed by atoms with van der Waals surface area (Å²) in [5.41, 5.74) is 0. The van der Waals surface area contributed by atoms with Crippen LogP contribution in [0.25, 0.3) is 0 Å². The van der Waals surface area contributed by atoms with E-state index >= 15 is 0 Å². The molecule has 0 aliphatic rings. The van der Waals surface area contributed by atoms with E-state index in [1.807, 2.05) is 30.3 Å². The molecule has 3 heteroatoms. The quantitative estimate of drug-likeness (QED) is 0.721. The van der Waals surface area contributed by atoms with Crippen LogP contribution in [-0.4, -0.2) is 17.7 Å². The van der Waals surface area contributed by atoms with Crippen LogP contribution in [0.1, 0.15) is 26.2 Å². The van der Waals surface area contributed by atoms with Gasteiger partial charge in [0, 0.05) is 0 Å². The standard InChI is InChI=1S/C13H18O3/c1-11(13(14)15)7-5-6-10-16-12-8-3-2-4-9-12/h2-4,8-9,11H,5-7,10H2,1H3,(H,14,15). The number of para-hydroxylation sites is 1. The highest BCUT2D eigenvalue weighted by Gasteiger charge is 2.09. The van der Waals surface area contributed by atoms with E-state index in [4.69, 9.17) is 9.84 Å². The summed E-state index contributed by atoms with van der Waals surface area (Å²) in [5.74, 6) is -0.102. The van der Waals surface area contributed by atoms with Crippen molar-refractivity contribution in [3.8, 4) is 5.75 Å². The maximum Gasteiger partial charge on any atom is 0.306 e. The van der Waals surface area contributed by atoms with E-state index < -0.39 is 5.97 Å². The SMILES string of the molecule is CC(CCCCOc1ccccc1)C(=O)O. The number of benzene rings is 1. The zero-order chi connectivity index (χ0) is 11.8. The van der Waals surface area contributed by atoms with E-state index in [9.17, 15) is 4.79 Å². The van der Waals surface area contributed by atoms with Crippen LogP contribution < -0.4 is 4.74 Å². The summed E-state index contributed by atoms with van der Waals surface area (Å²) in [5, 5.41) is 8.69. The molecule has 0 radical (unpaired) electrons. The first kappa shape index (κ1) is 12.6. The third kappa shape index (κ3) is 4.82. The third-order valence-electron chi connectivity index (χ3n) is 2.46. The van der Waals surface area contributed by atoms with Gasteiger partial charge in [-0.1, -0.05) is 25.1 Å². The summed E-state index contributed by atoms with van der Waals surface area (Å²) in [6.07, 6.45) is 2.50.